The number of rotatable bonds is 5. The summed E-state index contributed by atoms with van der Waals surface area (Å²) in [5.41, 5.74) is 15.2. The van der Waals surface area contributed by atoms with Gasteiger partial charge in [0.05, 0.1) is 0 Å². The van der Waals surface area contributed by atoms with Gasteiger partial charge in [0, 0.05) is 5.92 Å². The Morgan fingerprint density at radius 2 is 1.62 bits per heavy atom. The lowest BCUT2D eigenvalue weighted by molar-refractivity contribution is 0.289. The molecule has 0 radical (unpaired) electrons. The molecule has 194 valence electrons. The van der Waals surface area contributed by atoms with Crippen molar-refractivity contribution in [3.63, 3.8) is 0 Å². The highest BCUT2D eigenvalue weighted by Gasteiger charge is 2.66. The number of aryl methyl sites for hydroxylation is 2. The molecular weight excluding hydrogens is 444 g/mol. The molecule has 0 bridgehead atoms. The van der Waals surface area contributed by atoms with Crippen molar-refractivity contribution < 1.29 is 0 Å². The van der Waals surface area contributed by atoms with Crippen LogP contribution < -0.4 is 0 Å². The molecule has 2 aromatic rings. The van der Waals surface area contributed by atoms with Crippen LogP contribution in [0, 0.1) is 54.8 Å². The van der Waals surface area contributed by atoms with E-state index in [4.69, 9.17) is 0 Å². The molecule has 0 heterocycles. The molecule has 3 fully saturated rings. The van der Waals surface area contributed by atoms with Crippen molar-refractivity contribution >= 4 is 6.08 Å². The molecule has 2 unspecified atom stereocenters. The fraction of sp³-hybridized carbons (Fsp3) is 0.514. The van der Waals surface area contributed by atoms with Crippen LogP contribution in [0.25, 0.3) is 17.2 Å². The van der Waals surface area contributed by atoms with Gasteiger partial charge in [-0.25, -0.2) is 0 Å². The van der Waals surface area contributed by atoms with Gasteiger partial charge in [0.1, 0.15) is 0 Å². The molecule has 0 N–H and O–H groups in total. The lowest BCUT2D eigenvalue weighted by Gasteiger charge is -2.29. The second-order valence-electron chi connectivity index (χ2n) is 13.9. The van der Waals surface area contributed by atoms with Gasteiger partial charge >= 0.3 is 0 Å². The Kier molecular flexibility index (Phi) is 5.98. The molecule has 2 aromatic carbocycles. The van der Waals surface area contributed by atoms with Crippen LogP contribution in [0.3, 0.4) is 0 Å². The van der Waals surface area contributed by atoms with Crippen molar-refractivity contribution in [3.05, 3.63) is 88.0 Å². The lowest BCUT2D eigenvalue weighted by Crippen LogP contribution is -2.19. The average Bonchev–Trinajstić information content (AvgIpc) is 3.11. The third kappa shape index (κ3) is 4.02. The summed E-state index contributed by atoms with van der Waals surface area (Å²) in [5, 5.41) is 0. The van der Waals surface area contributed by atoms with E-state index in [2.05, 4.69) is 91.1 Å². The zero-order valence-corrected chi connectivity index (χ0v) is 24.1. The van der Waals surface area contributed by atoms with Gasteiger partial charge in [-0.05, 0) is 108 Å². The zero-order valence-electron chi connectivity index (χ0n) is 24.1. The maximum atomic E-state index is 4.61. The Morgan fingerprint density at radius 3 is 2.30 bits per heavy atom. The van der Waals surface area contributed by atoms with Gasteiger partial charge in [-0.15, -0.1) is 0 Å². The molecule has 0 aromatic heterocycles. The summed E-state index contributed by atoms with van der Waals surface area (Å²) < 4.78 is 0. The summed E-state index contributed by atoms with van der Waals surface area (Å²) in [5.74, 6) is 3.95. The average molecular weight is 491 g/mol. The molecule has 0 nitrogen and oxygen atoms in total. The lowest BCUT2D eigenvalue weighted by atomic mass is 9.76. The van der Waals surface area contributed by atoms with E-state index in [1.54, 1.807) is 11.1 Å². The summed E-state index contributed by atoms with van der Waals surface area (Å²) in [7, 11) is 0. The van der Waals surface area contributed by atoms with E-state index in [0.717, 1.165) is 18.3 Å². The van der Waals surface area contributed by atoms with Gasteiger partial charge in [0.15, 0.2) is 0 Å². The molecule has 6 rings (SSSR count). The van der Waals surface area contributed by atoms with Gasteiger partial charge < -0.3 is 0 Å². The Labute approximate surface area is 226 Å². The largest absolute Gasteiger partial charge is 0.0989 e. The number of hydrogen-bond donors (Lipinski definition) is 0. The maximum Gasteiger partial charge on any atom is 0.00710 e. The highest BCUT2D eigenvalue weighted by Crippen LogP contribution is 2.73. The maximum absolute atomic E-state index is 4.61. The van der Waals surface area contributed by atoms with Crippen molar-refractivity contribution in [2.24, 2.45) is 40.9 Å². The molecule has 0 amide bonds. The second-order valence-corrected chi connectivity index (χ2v) is 13.9. The fourth-order valence-corrected chi connectivity index (χ4v) is 8.77. The van der Waals surface area contributed by atoms with Crippen LogP contribution in [0.5, 0.6) is 0 Å². The summed E-state index contributed by atoms with van der Waals surface area (Å²) in [4.78, 5) is 0. The van der Waals surface area contributed by atoms with Gasteiger partial charge in [-0.2, -0.15) is 0 Å². The molecule has 0 spiro atoms. The molecular formula is C37H46. The molecule has 3 atom stereocenters. The second kappa shape index (κ2) is 8.86. The highest BCUT2D eigenvalue weighted by atomic mass is 14.7. The van der Waals surface area contributed by atoms with E-state index >= 15 is 0 Å². The van der Waals surface area contributed by atoms with Crippen molar-refractivity contribution in [2.45, 2.75) is 80.1 Å². The van der Waals surface area contributed by atoms with E-state index in [1.807, 2.05) is 0 Å². The number of fused-ring (bicyclic) bond motifs is 2. The predicted octanol–water partition coefficient (Wildman–Crippen LogP) is 9.93. The molecule has 4 aliphatic rings. The smallest absolute Gasteiger partial charge is 0.00710 e. The van der Waals surface area contributed by atoms with E-state index < -0.39 is 0 Å². The van der Waals surface area contributed by atoms with Gasteiger partial charge in [-0.1, -0.05) is 112 Å². The third-order valence-electron chi connectivity index (χ3n) is 11.0. The summed E-state index contributed by atoms with van der Waals surface area (Å²) in [6.45, 7) is 23.5. The highest BCUT2D eigenvalue weighted by molar-refractivity contribution is 5.80. The van der Waals surface area contributed by atoms with Crippen LogP contribution >= 0.6 is 0 Å². The van der Waals surface area contributed by atoms with Gasteiger partial charge in [-0.3, -0.25) is 0 Å². The number of hydrogen-bond acceptors (Lipinski definition) is 0. The first-order valence-corrected chi connectivity index (χ1v) is 14.9. The van der Waals surface area contributed by atoms with E-state index in [0.29, 0.717) is 29.1 Å². The fourth-order valence-electron chi connectivity index (χ4n) is 8.77. The van der Waals surface area contributed by atoms with Crippen LogP contribution in [-0.2, 0) is 12.8 Å². The first-order chi connectivity index (χ1) is 17.6. The van der Waals surface area contributed by atoms with Crippen LogP contribution in [0.15, 0.2) is 60.2 Å². The molecule has 3 saturated carbocycles. The van der Waals surface area contributed by atoms with Crippen molar-refractivity contribution in [2.75, 3.05) is 0 Å². The summed E-state index contributed by atoms with van der Waals surface area (Å²) in [6, 6.07) is 11.9. The van der Waals surface area contributed by atoms with Crippen molar-refractivity contribution in [1.82, 2.24) is 0 Å². The Balaban J connectivity index is 1.29. The Morgan fingerprint density at radius 1 is 0.946 bits per heavy atom. The summed E-state index contributed by atoms with van der Waals surface area (Å²) in [6.07, 6.45) is 10.4. The van der Waals surface area contributed by atoms with Crippen molar-refractivity contribution in [1.29, 1.82) is 0 Å². The number of benzene rings is 2. The van der Waals surface area contributed by atoms with Crippen LogP contribution in [0.1, 0.15) is 81.2 Å². The van der Waals surface area contributed by atoms with Crippen molar-refractivity contribution in [3.8, 4) is 11.1 Å². The predicted molar refractivity (Wildman–Crippen MR) is 160 cm³/mol. The van der Waals surface area contributed by atoms with Gasteiger partial charge in [0.25, 0.3) is 0 Å². The summed E-state index contributed by atoms with van der Waals surface area (Å²) >= 11 is 0. The quantitative estimate of drug-likeness (QED) is 0.366. The monoisotopic (exact) mass is 490 g/mol. The van der Waals surface area contributed by atoms with E-state index in [-0.39, 0.29) is 0 Å². The van der Waals surface area contributed by atoms with Gasteiger partial charge in [0.2, 0.25) is 0 Å². The van der Waals surface area contributed by atoms with Crippen LogP contribution in [-0.4, -0.2) is 0 Å². The standard InChI is InChI=1S/C37H46/c1-21-12-14-27(15-13-21)18-31-23(3)16-22(2)17-33(31)30-11-9-10-28-19-29(20-32(28)30)24(4)34-25(5)35-36(26(34)6)37(35,7)8/h9-11,16-17,19,21,24,27,34-36H,5-6,12-15,18,20H2,1-4,7-8H3/t21?,24-,27?,34?,35?,36?/m0/s1. The minimum atomic E-state index is 0.375. The third-order valence-corrected chi connectivity index (χ3v) is 11.0. The normalized spacial score (nSPS) is 30.6. The molecule has 37 heavy (non-hydrogen) atoms. The van der Waals surface area contributed by atoms with Crippen LogP contribution in [0.2, 0.25) is 0 Å². The van der Waals surface area contributed by atoms with E-state index in [9.17, 15) is 0 Å². The Hall–Kier alpha value is -2.34. The number of allylic oxidation sites excluding steroid dienone is 3. The van der Waals surface area contributed by atoms with E-state index in [1.165, 1.54) is 76.6 Å². The topological polar surface area (TPSA) is 0 Å². The molecule has 4 aliphatic carbocycles. The minimum Gasteiger partial charge on any atom is -0.0989 e. The van der Waals surface area contributed by atoms with Crippen LogP contribution in [0.4, 0.5) is 0 Å². The molecule has 0 saturated heterocycles. The first kappa shape index (κ1) is 25.0. The molecule has 0 heteroatoms. The SMILES string of the molecule is C=C1C([C@@H](C)C2=Cc3cccc(-c4cc(C)cc(C)c4CC4CCC(C)CC4)c3C2)C(=C)C2C1C2(C)C. The first-order valence-electron chi connectivity index (χ1n) is 14.9. The zero-order chi connectivity index (χ0) is 26.2. The minimum absolute atomic E-state index is 0.375. The molecule has 0 aliphatic heterocycles. The Bertz CT molecular complexity index is 1280.